The maximum Gasteiger partial charge on any atom is 0.264 e. The van der Waals surface area contributed by atoms with Crippen LogP contribution in [-0.2, 0) is 26.0 Å². The Kier molecular flexibility index (Phi) is 6.98. The Morgan fingerprint density at radius 1 is 1.00 bits per heavy atom. The van der Waals surface area contributed by atoms with Crippen molar-refractivity contribution in [1.29, 1.82) is 0 Å². The third-order valence-corrected chi connectivity index (χ3v) is 8.74. The van der Waals surface area contributed by atoms with Gasteiger partial charge in [-0.2, -0.15) is 0 Å². The Hall–Kier alpha value is -2.87. The van der Waals surface area contributed by atoms with E-state index in [0.29, 0.717) is 24.6 Å². The molecular formula is C26H33N3O4S. The van der Waals surface area contributed by atoms with Gasteiger partial charge in [0, 0.05) is 45.2 Å². The predicted molar refractivity (Wildman–Crippen MR) is 133 cm³/mol. The fourth-order valence-corrected chi connectivity index (χ4v) is 5.92. The molecule has 7 nitrogen and oxygen atoms in total. The van der Waals surface area contributed by atoms with Crippen LogP contribution in [0.2, 0.25) is 0 Å². The lowest BCUT2D eigenvalue weighted by Crippen LogP contribution is -2.38. The summed E-state index contributed by atoms with van der Waals surface area (Å²) in [4.78, 5) is 29.2. The zero-order valence-electron chi connectivity index (χ0n) is 20.2. The zero-order chi connectivity index (χ0) is 24.5. The molecule has 2 aliphatic heterocycles. The molecule has 2 aromatic rings. The van der Waals surface area contributed by atoms with Crippen LogP contribution < -0.4 is 9.21 Å². The Labute approximate surface area is 202 Å². The lowest BCUT2D eigenvalue weighted by atomic mass is 9.99. The fourth-order valence-electron chi connectivity index (χ4n) is 4.68. The average Bonchev–Trinajstić information content (AvgIpc) is 3.25. The summed E-state index contributed by atoms with van der Waals surface area (Å²) in [5, 5.41) is 0. The van der Waals surface area contributed by atoms with Gasteiger partial charge in [0.2, 0.25) is 11.8 Å². The van der Waals surface area contributed by atoms with E-state index in [2.05, 4.69) is 6.92 Å². The first kappa shape index (κ1) is 24.3. The topological polar surface area (TPSA) is 78.0 Å². The molecule has 0 spiro atoms. The van der Waals surface area contributed by atoms with Gasteiger partial charge in [0.15, 0.2) is 0 Å². The van der Waals surface area contributed by atoms with Gasteiger partial charge in [-0.1, -0.05) is 19.1 Å². The number of amides is 2. The van der Waals surface area contributed by atoms with Crippen LogP contribution in [0.25, 0.3) is 0 Å². The van der Waals surface area contributed by atoms with Crippen LogP contribution in [0.15, 0.2) is 47.4 Å². The number of likely N-dealkylation sites (tertiary alicyclic amines) is 1. The van der Waals surface area contributed by atoms with Gasteiger partial charge in [0.25, 0.3) is 10.0 Å². The van der Waals surface area contributed by atoms with Crippen LogP contribution in [0.4, 0.5) is 11.4 Å². The Morgan fingerprint density at radius 3 is 2.41 bits per heavy atom. The number of piperidine rings is 1. The number of hydrogen-bond donors (Lipinski definition) is 0. The van der Waals surface area contributed by atoms with Crippen LogP contribution in [0, 0.1) is 12.8 Å². The van der Waals surface area contributed by atoms with Crippen molar-refractivity contribution in [2.24, 2.45) is 5.92 Å². The molecule has 2 aromatic carbocycles. The summed E-state index contributed by atoms with van der Waals surface area (Å²) in [5.41, 5.74) is 3.16. The predicted octanol–water partition coefficient (Wildman–Crippen LogP) is 3.75. The molecule has 1 saturated heterocycles. The Bertz CT molecular complexity index is 1190. The number of aryl methyl sites for hydroxylation is 1. The minimum atomic E-state index is -3.73. The molecule has 0 N–H and O–H groups in total. The lowest BCUT2D eigenvalue weighted by Gasteiger charge is -2.30. The highest BCUT2D eigenvalue weighted by Crippen LogP contribution is 2.32. The van der Waals surface area contributed by atoms with Crippen molar-refractivity contribution in [3.8, 4) is 0 Å². The molecule has 4 rings (SSSR count). The average molecular weight is 484 g/mol. The summed E-state index contributed by atoms with van der Waals surface area (Å²) in [6, 6.07) is 12.3. The van der Waals surface area contributed by atoms with E-state index in [1.165, 1.54) is 4.31 Å². The molecule has 1 fully saturated rings. The second-order valence-electron chi connectivity index (χ2n) is 9.46. The number of anilines is 2. The molecule has 0 unspecified atom stereocenters. The standard InChI is InChI=1S/C26H33N3O4S/c1-19-11-14-28(15-12-19)25(30)9-10-26(31)29-16-13-21-18-23(7-8-24(21)29)34(32,33)27(3)22-6-4-5-20(2)17-22/h4-8,17-19H,9-16H2,1-3H3. The van der Waals surface area contributed by atoms with Crippen LogP contribution >= 0.6 is 0 Å². The van der Waals surface area contributed by atoms with E-state index in [4.69, 9.17) is 0 Å². The van der Waals surface area contributed by atoms with Crippen molar-refractivity contribution in [2.45, 2.75) is 50.8 Å². The van der Waals surface area contributed by atoms with E-state index in [1.807, 2.05) is 30.0 Å². The molecular weight excluding hydrogens is 450 g/mol. The van der Waals surface area contributed by atoms with Gasteiger partial charge in [-0.15, -0.1) is 0 Å². The highest BCUT2D eigenvalue weighted by Gasteiger charge is 2.29. The van der Waals surface area contributed by atoms with Crippen LogP contribution in [-0.4, -0.2) is 51.8 Å². The largest absolute Gasteiger partial charge is 0.343 e. The third kappa shape index (κ3) is 4.97. The van der Waals surface area contributed by atoms with E-state index in [-0.39, 0.29) is 29.6 Å². The summed E-state index contributed by atoms with van der Waals surface area (Å²) in [5.74, 6) is 0.599. The monoisotopic (exact) mass is 483 g/mol. The van der Waals surface area contributed by atoms with Gasteiger partial charge >= 0.3 is 0 Å². The van der Waals surface area contributed by atoms with E-state index in [1.54, 1.807) is 36.2 Å². The van der Waals surface area contributed by atoms with E-state index in [9.17, 15) is 18.0 Å². The molecule has 2 amide bonds. The fraction of sp³-hybridized carbons (Fsp3) is 0.462. The van der Waals surface area contributed by atoms with Gasteiger partial charge in [-0.25, -0.2) is 8.42 Å². The zero-order valence-corrected chi connectivity index (χ0v) is 21.0. The van der Waals surface area contributed by atoms with Crippen LogP contribution in [0.5, 0.6) is 0 Å². The van der Waals surface area contributed by atoms with Gasteiger partial charge < -0.3 is 9.80 Å². The summed E-state index contributed by atoms with van der Waals surface area (Å²) in [6.45, 7) is 6.17. The molecule has 8 heteroatoms. The molecule has 0 bridgehead atoms. The summed E-state index contributed by atoms with van der Waals surface area (Å²) in [7, 11) is -2.18. The second kappa shape index (κ2) is 9.78. The quantitative estimate of drug-likeness (QED) is 0.627. The number of fused-ring (bicyclic) bond motifs is 1. The van der Waals surface area contributed by atoms with E-state index in [0.717, 1.165) is 42.7 Å². The molecule has 2 aliphatic rings. The molecule has 182 valence electrons. The molecule has 34 heavy (non-hydrogen) atoms. The number of rotatable bonds is 6. The molecule has 0 atom stereocenters. The van der Waals surface area contributed by atoms with Gasteiger partial charge in [0.05, 0.1) is 10.6 Å². The SMILES string of the molecule is Cc1cccc(N(C)S(=O)(=O)c2ccc3c(c2)CCN3C(=O)CCC(=O)N2CCC(C)CC2)c1. The minimum Gasteiger partial charge on any atom is -0.343 e. The highest BCUT2D eigenvalue weighted by molar-refractivity contribution is 7.92. The molecule has 0 saturated carbocycles. The smallest absolute Gasteiger partial charge is 0.264 e. The van der Waals surface area contributed by atoms with Crippen LogP contribution in [0.3, 0.4) is 0 Å². The summed E-state index contributed by atoms with van der Waals surface area (Å²) >= 11 is 0. The number of benzene rings is 2. The molecule has 0 aromatic heterocycles. The number of carbonyl (C=O) groups excluding carboxylic acids is 2. The summed E-state index contributed by atoms with van der Waals surface area (Å²) in [6.07, 6.45) is 3.01. The number of carbonyl (C=O) groups is 2. The Morgan fingerprint density at radius 2 is 1.71 bits per heavy atom. The van der Waals surface area contributed by atoms with Crippen molar-refractivity contribution in [3.63, 3.8) is 0 Å². The van der Waals surface area contributed by atoms with Gasteiger partial charge in [-0.05, 0) is 73.6 Å². The Balaban J connectivity index is 1.43. The first-order valence-corrected chi connectivity index (χ1v) is 13.4. The molecule has 0 aliphatic carbocycles. The van der Waals surface area contributed by atoms with Crippen LogP contribution in [0.1, 0.15) is 43.7 Å². The van der Waals surface area contributed by atoms with Crippen molar-refractivity contribution in [1.82, 2.24) is 4.90 Å². The van der Waals surface area contributed by atoms with Gasteiger partial charge in [-0.3, -0.25) is 13.9 Å². The third-order valence-electron chi connectivity index (χ3n) is 6.96. The highest BCUT2D eigenvalue weighted by atomic mass is 32.2. The maximum absolute atomic E-state index is 13.2. The maximum atomic E-state index is 13.2. The molecule has 2 heterocycles. The molecule has 0 radical (unpaired) electrons. The number of sulfonamides is 1. The van der Waals surface area contributed by atoms with Gasteiger partial charge in [0.1, 0.15) is 0 Å². The first-order chi connectivity index (χ1) is 16.2. The normalized spacial score (nSPS) is 16.4. The first-order valence-electron chi connectivity index (χ1n) is 11.9. The van der Waals surface area contributed by atoms with Crippen molar-refractivity contribution in [3.05, 3.63) is 53.6 Å². The summed E-state index contributed by atoms with van der Waals surface area (Å²) < 4.78 is 27.7. The number of hydrogen-bond acceptors (Lipinski definition) is 4. The number of nitrogens with zero attached hydrogens (tertiary/aromatic N) is 3. The van der Waals surface area contributed by atoms with E-state index < -0.39 is 10.0 Å². The second-order valence-corrected chi connectivity index (χ2v) is 11.4. The minimum absolute atomic E-state index is 0.0419. The lowest BCUT2D eigenvalue weighted by molar-refractivity contribution is -0.134. The van der Waals surface area contributed by atoms with Crippen molar-refractivity contribution < 1.29 is 18.0 Å². The van der Waals surface area contributed by atoms with Crippen molar-refractivity contribution >= 4 is 33.2 Å². The van der Waals surface area contributed by atoms with E-state index >= 15 is 0 Å². The van der Waals surface area contributed by atoms with Crippen molar-refractivity contribution in [2.75, 3.05) is 35.9 Å².